The number of benzene rings is 2. The molecule has 0 saturated heterocycles. The van der Waals surface area contributed by atoms with Gasteiger partial charge in [-0.3, -0.25) is 9.58 Å². The van der Waals surface area contributed by atoms with Crippen LogP contribution >= 0.6 is 27.5 Å². The van der Waals surface area contributed by atoms with Crippen LogP contribution < -0.4 is 0 Å². The molecule has 0 amide bonds. The standard InChI is InChI=1S/C15H11BrClNO/c1-18-10-19-15(11-4-2-6-13(16)8-11)12-5-3-7-14(17)9-12/h2-9,15H,10H2. The van der Waals surface area contributed by atoms with Crippen LogP contribution in [0.4, 0.5) is 0 Å². The van der Waals surface area contributed by atoms with Crippen molar-refractivity contribution in [3.05, 3.63) is 80.6 Å². The molecule has 0 bridgehead atoms. The third kappa shape index (κ3) is 3.81. The molecule has 2 aromatic rings. The largest absolute Gasteiger partial charge is 0.319 e. The van der Waals surface area contributed by atoms with E-state index in [1.807, 2.05) is 48.5 Å². The Hall–Kier alpha value is -1.34. The van der Waals surface area contributed by atoms with Crippen LogP contribution in [0.15, 0.2) is 53.0 Å². The first-order valence-electron chi connectivity index (χ1n) is 5.66. The topological polar surface area (TPSA) is 13.6 Å². The van der Waals surface area contributed by atoms with Gasteiger partial charge in [0.05, 0.1) is 0 Å². The van der Waals surface area contributed by atoms with Gasteiger partial charge in [0, 0.05) is 9.50 Å². The molecule has 2 aromatic carbocycles. The Kier molecular flexibility index (Phi) is 4.98. The van der Waals surface area contributed by atoms with Crippen LogP contribution in [0, 0.1) is 6.57 Å². The molecule has 2 nitrogen and oxygen atoms in total. The Morgan fingerprint density at radius 1 is 1.16 bits per heavy atom. The molecule has 0 spiro atoms. The zero-order valence-electron chi connectivity index (χ0n) is 10.0. The molecule has 0 saturated carbocycles. The highest BCUT2D eigenvalue weighted by Crippen LogP contribution is 2.29. The van der Waals surface area contributed by atoms with E-state index in [0.717, 1.165) is 15.6 Å². The molecule has 0 fully saturated rings. The first-order chi connectivity index (χ1) is 9.20. The monoisotopic (exact) mass is 335 g/mol. The summed E-state index contributed by atoms with van der Waals surface area (Å²) in [5, 5.41) is 0.656. The maximum atomic E-state index is 6.87. The van der Waals surface area contributed by atoms with Crippen LogP contribution in [0.1, 0.15) is 17.2 Å². The highest BCUT2D eigenvalue weighted by molar-refractivity contribution is 9.10. The van der Waals surface area contributed by atoms with E-state index in [1.165, 1.54) is 0 Å². The van der Waals surface area contributed by atoms with Gasteiger partial charge in [-0.15, -0.1) is 0 Å². The summed E-state index contributed by atoms with van der Waals surface area (Å²) in [4.78, 5) is 3.25. The lowest BCUT2D eigenvalue weighted by Crippen LogP contribution is -2.06. The number of hydrogen-bond donors (Lipinski definition) is 0. The predicted octanol–water partition coefficient (Wildman–Crippen LogP) is 5.09. The number of rotatable bonds is 4. The minimum atomic E-state index is -0.287. The van der Waals surface area contributed by atoms with Crippen molar-refractivity contribution in [2.75, 3.05) is 6.73 Å². The Labute approximate surface area is 125 Å². The summed E-state index contributed by atoms with van der Waals surface area (Å²) >= 11 is 9.46. The molecule has 0 aliphatic carbocycles. The molecule has 0 N–H and O–H groups in total. The second kappa shape index (κ2) is 6.72. The van der Waals surface area contributed by atoms with Crippen LogP contribution in [-0.2, 0) is 4.74 Å². The van der Waals surface area contributed by atoms with Gasteiger partial charge >= 0.3 is 6.73 Å². The third-order valence-corrected chi connectivity index (χ3v) is 3.34. The van der Waals surface area contributed by atoms with E-state index in [1.54, 1.807) is 0 Å². The highest BCUT2D eigenvalue weighted by atomic mass is 79.9. The first-order valence-corrected chi connectivity index (χ1v) is 6.83. The summed E-state index contributed by atoms with van der Waals surface area (Å²) in [5.74, 6) is 0. The molecule has 1 unspecified atom stereocenters. The maximum Gasteiger partial charge on any atom is 0.319 e. The molecule has 4 heteroatoms. The van der Waals surface area contributed by atoms with E-state index in [9.17, 15) is 0 Å². The van der Waals surface area contributed by atoms with Crippen LogP contribution in [0.25, 0.3) is 4.85 Å². The summed E-state index contributed by atoms with van der Waals surface area (Å²) in [6, 6.07) is 15.3. The molecule has 19 heavy (non-hydrogen) atoms. The Bertz CT molecular complexity index is 564. The smallest absolute Gasteiger partial charge is 0.300 e. The van der Waals surface area contributed by atoms with Gasteiger partial charge in [0.1, 0.15) is 6.10 Å². The average Bonchev–Trinajstić information content (AvgIpc) is 2.39. The van der Waals surface area contributed by atoms with Gasteiger partial charge in [0.2, 0.25) is 0 Å². The molecule has 96 valence electrons. The van der Waals surface area contributed by atoms with E-state index >= 15 is 0 Å². The van der Waals surface area contributed by atoms with Gasteiger partial charge in [-0.05, 0) is 35.4 Å². The van der Waals surface area contributed by atoms with Crippen molar-refractivity contribution in [2.45, 2.75) is 6.10 Å². The normalized spacial score (nSPS) is 11.8. The summed E-state index contributed by atoms with van der Waals surface area (Å²) in [6.45, 7) is 6.89. The van der Waals surface area contributed by atoms with E-state index in [2.05, 4.69) is 20.8 Å². The summed E-state index contributed by atoms with van der Waals surface area (Å²) in [5.41, 5.74) is 1.93. The number of halogens is 2. The number of ether oxygens (including phenoxy) is 1. The van der Waals surface area contributed by atoms with Gasteiger partial charge in [-0.2, -0.15) is 0 Å². The van der Waals surface area contributed by atoms with Gasteiger partial charge < -0.3 is 0 Å². The number of nitrogens with zero attached hydrogens (tertiary/aromatic N) is 1. The third-order valence-electron chi connectivity index (χ3n) is 2.61. The SMILES string of the molecule is [C-]#[N+]COC(c1cccc(Cl)c1)c1cccc(Br)c1. The quantitative estimate of drug-likeness (QED) is 0.709. The zero-order valence-corrected chi connectivity index (χ0v) is 12.4. The Morgan fingerprint density at radius 2 is 1.84 bits per heavy atom. The summed E-state index contributed by atoms with van der Waals surface area (Å²) in [7, 11) is 0. The van der Waals surface area contributed by atoms with Gasteiger partial charge in [-0.1, -0.05) is 51.8 Å². The van der Waals surface area contributed by atoms with Gasteiger partial charge in [0.15, 0.2) is 0 Å². The van der Waals surface area contributed by atoms with Gasteiger partial charge in [-0.25, -0.2) is 6.57 Å². The fourth-order valence-corrected chi connectivity index (χ4v) is 2.45. The van der Waals surface area contributed by atoms with Crippen molar-refractivity contribution in [1.82, 2.24) is 0 Å². The molecular weight excluding hydrogens is 326 g/mol. The van der Waals surface area contributed by atoms with Crippen molar-refractivity contribution in [2.24, 2.45) is 0 Å². The molecular formula is C15H11BrClNO. The van der Waals surface area contributed by atoms with Crippen LogP contribution in [0.5, 0.6) is 0 Å². The van der Waals surface area contributed by atoms with Gasteiger partial charge in [0.25, 0.3) is 0 Å². The van der Waals surface area contributed by atoms with E-state index < -0.39 is 0 Å². The van der Waals surface area contributed by atoms with E-state index in [4.69, 9.17) is 22.9 Å². The van der Waals surface area contributed by atoms with Crippen molar-refractivity contribution in [1.29, 1.82) is 0 Å². The molecule has 0 radical (unpaired) electrons. The molecule has 0 aliphatic heterocycles. The summed E-state index contributed by atoms with van der Waals surface area (Å²) in [6.07, 6.45) is -0.287. The zero-order chi connectivity index (χ0) is 13.7. The Balaban J connectivity index is 2.38. The van der Waals surface area contributed by atoms with Crippen molar-refractivity contribution in [3.8, 4) is 0 Å². The minimum Gasteiger partial charge on any atom is -0.300 e. The summed E-state index contributed by atoms with van der Waals surface area (Å²) < 4.78 is 6.62. The fourth-order valence-electron chi connectivity index (χ4n) is 1.84. The minimum absolute atomic E-state index is 0.0176. The van der Waals surface area contributed by atoms with Crippen LogP contribution in [0.3, 0.4) is 0 Å². The molecule has 0 aromatic heterocycles. The predicted molar refractivity (Wildman–Crippen MR) is 80.0 cm³/mol. The van der Waals surface area contributed by atoms with Crippen molar-refractivity contribution >= 4 is 27.5 Å². The highest BCUT2D eigenvalue weighted by Gasteiger charge is 2.16. The second-order valence-corrected chi connectivity index (χ2v) is 5.30. The van der Waals surface area contributed by atoms with E-state index in [0.29, 0.717) is 5.02 Å². The lowest BCUT2D eigenvalue weighted by molar-refractivity contribution is 0.103. The van der Waals surface area contributed by atoms with Crippen LogP contribution in [-0.4, -0.2) is 6.73 Å². The lowest BCUT2D eigenvalue weighted by atomic mass is 10.0. The molecule has 2 rings (SSSR count). The molecule has 0 aliphatic rings. The van der Waals surface area contributed by atoms with Crippen LogP contribution in [0.2, 0.25) is 5.02 Å². The molecule has 0 heterocycles. The first kappa shape index (κ1) is 14.1. The maximum absolute atomic E-state index is 6.87. The van der Waals surface area contributed by atoms with Crippen molar-refractivity contribution in [3.63, 3.8) is 0 Å². The Morgan fingerprint density at radius 3 is 2.47 bits per heavy atom. The molecule has 1 atom stereocenters. The van der Waals surface area contributed by atoms with E-state index in [-0.39, 0.29) is 12.8 Å². The second-order valence-electron chi connectivity index (χ2n) is 3.94. The number of hydrogen-bond acceptors (Lipinski definition) is 1. The lowest BCUT2D eigenvalue weighted by Gasteiger charge is -2.16. The fraction of sp³-hybridized carbons (Fsp3) is 0.133. The van der Waals surface area contributed by atoms with Crippen molar-refractivity contribution < 1.29 is 4.74 Å². The average molecular weight is 337 g/mol.